The molecule has 9 nitrogen and oxygen atoms in total. The molecular formula is C28H30N8O. The van der Waals surface area contributed by atoms with Gasteiger partial charge in [0.05, 0.1) is 5.69 Å². The molecule has 2 aromatic carbocycles. The number of anilines is 3. The molecule has 1 fully saturated rings. The summed E-state index contributed by atoms with van der Waals surface area (Å²) >= 11 is 0. The Bertz CT molecular complexity index is 1300. The van der Waals surface area contributed by atoms with Gasteiger partial charge in [-0.25, -0.2) is 15.0 Å². The molecule has 0 atom stereocenters. The zero-order valence-electron chi connectivity index (χ0n) is 20.8. The van der Waals surface area contributed by atoms with Gasteiger partial charge in [0.25, 0.3) is 5.91 Å². The van der Waals surface area contributed by atoms with Crippen LogP contribution in [-0.4, -0.2) is 64.0 Å². The largest absolute Gasteiger partial charge is 0.324 e. The molecule has 1 aliphatic rings. The summed E-state index contributed by atoms with van der Waals surface area (Å²) in [6.45, 7) is 4.90. The number of nitrogens with zero attached hydrogens (tertiary/aromatic N) is 5. The van der Waals surface area contributed by atoms with Crippen molar-refractivity contribution in [3.05, 3.63) is 96.4 Å². The van der Waals surface area contributed by atoms with Crippen molar-refractivity contribution in [1.82, 2.24) is 30.3 Å². The summed E-state index contributed by atoms with van der Waals surface area (Å²) < 4.78 is 0. The molecule has 0 spiro atoms. The van der Waals surface area contributed by atoms with E-state index in [4.69, 9.17) is 0 Å². The van der Waals surface area contributed by atoms with Gasteiger partial charge in [0, 0.05) is 73.8 Å². The first-order valence-corrected chi connectivity index (χ1v) is 12.3. The Morgan fingerprint density at radius 3 is 2.38 bits per heavy atom. The zero-order chi connectivity index (χ0) is 25.5. The number of nitrogens with one attached hydrogen (secondary N) is 3. The lowest BCUT2D eigenvalue weighted by Gasteiger charge is -2.32. The maximum absolute atomic E-state index is 12.7. The molecule has 1 saturated heterocycles. The predicted molar refractivity (Wildman–Crippen MR) is 145 cm³/mol. The molecular weight excluding hydrogens is 464 g/mol. The van der Waals surface area contributed by atoms with E-state index in [1.807, 2.05) is 66.7 Å². The van der Waals surface area contributed by atoms with E-state index in [-0.39, 0.29) is 5.91 Å². The monoisotopic (exact) mass is 494 g/mol. The van der Waals surface area contributed by atoms with Crippen LogP contribution in [-0.2, 0) is 6.54 Å². The minimum atomic E-state index is -0.146. The van der Waals surface area contributed by atoms with Crippen molar-refractivity contribution >= 4 is 23.2 Å². The molecule has 37 heavy (non-hydrogen) atoms. The summed E-state index contributed by atoms with van der Waals surface area (Å²) in [5.74, 6) is 0.340. The van der Waals surface area contributed by atoms with E-state index >= 15 is 0 Å². The number of pyridine rings is 1. The van der Waals surface area contributed by atoms with E-state index in [9.17, 15) is 4.79 Å². The lowest BCUT2D eigenvalue weighted by atomic mass is 10.1. The second-order valence-corrected chi connectivity index (χ2v) is 8.99. The molecule has 1 aliphatic heterocycles. The standard InChI is InChI=1S/C28H30N8O/c1-35-15-17-36(18-16-35)31-19-21-4-6-22(7-5-21)27(37)32-24-8-10-25(11-9-24)33-28-30-14-12-26(34-28)23-3-2-13-29-20-23/h2-14,20,31H,15-19H2,1H3,(H,32,37)(H,30,33,34). The van der Waals surface area contributed by atoms with E-state index < -0.39 is 0 Å². The third kappa shape index (κ3) is 6.73. The van der Waals surface area contributed by atoms with Crippen LogP contribution in [0.1, 0.15) is 15.9 Å². The highest BCUT2D eigenvalue weighted by Gasteiger charge is 2.13. The summed E-state index contributed by atoms with van der Waals surface area (Å²) in [5.41, 5.74) is 8.46. The van der Waals surface area contributed by atoms with Crippen molar-refractivity contribution in [2.24, 2.45) is 0 Å². The van der Waals surface area contributed by atoms with Crippen LogP contribution in [0.5, 0.6) is 0 Å². The van der Waals surface area contributed by atoms with Crippen LogP contribution < -0.4 is 16.1 Å². The number of aromatic nitrogens is 3. The van der Waals surface area contributed by atoms with E-state index in [0.29, 0.717) is 17.2 Å². The van der Waals surface area contributed by atoms with Crippen LogP contribution in [0.4, 0.5) is 17.3 Å². The van der Waals surface area contributed by atoms with Gasteiger partial charge in [0.2, 0.25) is 5.95 Å². The molecule has 0 aliphatic carbocycles. The first kappa shape index (κ1) is 24.5. The normalized spacial score (nSPS) is 14.3. The number of likely N-dealkylation sites (N-methyl/N-ethyl adjacent to an activating group) is 1. The van der Waals surface area contributed by atoms with E-state index in [0.717, 1.165) is 55.2 Å². The molecule has 0 bridgehead atoms. The molecule has 0 unspecified atom stereocenters. The number of hydrazine groups is 1. The van der Waals surface area contributed by atoms with Gasteiger partial charge in [0.1, 0.15) is 0 Å². The fourth-order valence-corrected chi connectivity index (χ4v) is 4.00. The molecule has 3 N–H and O–H groups in total. The van der Waals surface area contributed by atoms with E-state index in [2.05, 4.69) is 48.0 Å². The Balaban J connectivity index is 1.13. The van der Waals surface area contributed by atoms with E-state index in [1.54, 1.807) is 18.6 Å². The summed E-state index contributed by atoms with van der Waals surface area (Å²) in [4.78, 5) is 28.1. The third-order valence-electron chi connectivity index (χ3n) is 6.24. The first-order chi connectivity index (χ1) is 18.1. The van der Waals surface area contributed by atoms with Crippen LogP contribution in [0.25, 0.3) is 11.3 Å². The number of hydrogen-bond acceptors (Lipinski definition) is 8. The molecule has 0 saturated carbocycles. The van der Waals surface area contributed by atoms with Crippen molar-refractivity contribution in [2.75, 3.05) is 43.9 Å². The highest BCUT2D eigenvalue weighted by atomic mass is 16.1. The van der Waals surface area contributed by atoms with Crippen molar-refractivity contribution in [1.29, 1.82) is 0 Å². The summed E-state index contributed by atoms with van der Waals surface area (Å²) in [5, 5.41) is 8.41. The summed E-state index contributed by atoms with van der Waals surface area (Å²) in [7, 11) is 2.14. The molecule has 9 heteroatoms. The van der Waals surface area contributed by atoms with Crippen molar-refractivity contribution in [3.63, 3.8) is 0 Å². The molecule has 188 valence electrons. The van der Waals surface area contributed by atoms with Crippen LogP contribution in [0.15, 0.2) is 85.3 Å². The SMILES string of the molecule is CN1CCN(NCc2ccc(C(=O)Nc3ccc(Nc4nccc(-c5cccnc5)n4)cc3)cc2)CC1. The average Bonchev–Trinajstić information content (AvgIpc) is 2.95. The van der Waals surface area contributed by atoms with Crippen molar-refractivity contribution in [3.8, 4) is 11.3 Å². The number of rotatable bonds is 8. The zero-order valence-corrected chi connectivity index (χ0v) is 20.8. The van der Waals surface area contributed by atoms with Crippen LogP contribution >= 0.6 is 0 Å². The minimum Gasteiger partial charge on any atom is -0.324 e. The average molecular weight is 495 g/mol. The summed E-state index contributed by atoms with van der Waals surface area (Å²) in [6.07, 6.45) is 5.20. The van der Waals surface area contributed by atoms with Crippen LogP contribution in [0, 0.1) is 0 Å². The number of benzene rings is 2. The van der Waals surface area contributed by atoms with Crippen LogP contribution in [0.2, 0.25) is 0 Å². The molecule has 1 amide bonds. The number of amides is 1. The fraction of sp³-hybridized carbons (Fsp3) is 0.214. The Hall–Kier alpha value is -4.18. The van der Waals surface area contributed by atoms with Gasteiger partial charge in [-0.1, -0.05) is 12.1 Å². The molecule has 2 aromatic heterocycles. The molecule has 5 rings (SSSR count). The number of carbonyl (C=O) groups is 1. The van der Waals surface area contributed by atoms with Gasteiger partial charge < -0.3 is 15.5 Å². The number of carbonyl (C=O) groups excluding carboxylic acids is 1. The molecule has 4 aromatic rings. The van der Waals surface area contributed by atoms with Crippen molar-refractivity contribution in [2.45, 2.75) is 6.54 Å². The highest BCUT2D eigenvalue weighted by molar-refractivity contribution is 6.04. The van der Waals surface area contributed by atoms with E-state index in [1.165, 1.54) is 0 Å². The molecule has 3 heterocycles. The predicted octanol–water partition coefficient (Wildman–Crippen LogP) is 3.79. The van der Waals surface area contributed by atoms with Gasteiger partial charge in [-0.3, -0.25) is 15.2 Å². The summed E-state index contributed by atoms with van der Waals surface area (Å²) in [6, 6.07) is 20.8. The van der Waals surface area contributed by atoms with Gasteiger partial charge in [-0.15, -0.1) is 0 Å². The lowest BCUT2D eigenvalue weighted by molar-refractivity contribution is 0.102. The minimum absolute atomic E-state index is 0.146. The maximum atomic E-state index is 12.7. The third-order valence-corrected chi connectivity index (χ3v) is 6.24. The van der Waals surface area contributed by atoms with Gasteiger partial charge in [-0.2, -0.15) is 0 Å². The van der Waals surface area contributed by atoms with Gasteiger partial charge in [0.15, 0.2) is 0 Å². The highest BCUT2D eigenvalue weighted by Crippen LogP contribution is 2.20. The lowest BCUT2D eigenvalue weighted by Crippen LogP contribution is -2.50. The molecule has 0 radical (unpaired) electrons. The Morgan fingerprint density at radius 1 is 0.892 bits per heavy atom. The topological polar surface area (TPSA) is 98.3 Å². The maximum Gasteiger partial charge on any atom is 0.255 e. The van der Waals surface area contributed by atoms with Gasteiger partial charge in [-0.05, 0) is 67.2 Å². The fourth-order valence-electron chi connectivity index (χ4n) is 4.00. The number of hydrogen-bond donors (Lipinski definition) is 3. The Morgan fingerprint density at radius 2 is 1.65 bits per heavy atom. The second kappa shape index (κ2) is 11.7. The quantitative estimate of drug-likeness (QED) is 0.340. The van der Waals surface area contributed by atoms with Crippen molar-refractivity contribution < 1.29 is 4.79 Å². The smallest absolute Gasteiger partial charge is 0.255 e. The second-order valence-electron chi connectivity index (χ2n) is 8.99. The van der Waals surface area contributed by atoms with Gasteiger partial charge >= 0.3 is 0 Å². The van der Waals surface area contributed by atoms with Crippen LogP contribution in [0.3, 0.4) is 0 Å². The first-order valence-electron chi connectivity index (χ1n) is 12.3. The Kier molecular flexibility index (Phi) is 7.75. The Labute approximate surface area is 216 Å². The number of piperazine rings is 1.